The van der Waals surface area contributed by atoms with E-state index in [2.05, 4.69) is 89.1 Å². The van der Waals surface area contributed by atoms with Gasteiger partial charge in [0.2, 0.25) is 0 Å². The standard InChI is InChI=1S/C27H34N4O/c1-29(2)22-13-11-21(12-14-22)7-5-17-30-18-15-23(16-19-30)31-25-9-4-3-8-24(25)28-27(31)26-10-6-20-32-26/h3-5,7-9,11-14,23,26H,6,10,15-20H2,1-2H3/b7-5+/t26-/m0/s1. The highest BCUT2D eigenvalue weighted by Crippen LogP contribution is 2.35. The third-order valence-electron chi connectivity index (χ3n) is 6.85. The second-order valence-corrected chi connectivity index (χ2v) is 9.25. The maximum Gasteiger partial charge on any atom is 0.139 e. The lowest BCUT2D eigenvalue weighted by Gasteiger charge is -2.33. The molecule has 32 heavy (non-hydrogen) atoms. The van der Waals surface area contributed by atoms with Gasteiger partial charge in [-0.1, -0.05) is 36.4 Å². The Labute approximate surface area is 191 Å². The number of ether oxygens (including phenoxy) is 1. The van der Waals surface area contributed by atoms with Crippen LogP contribution in [-0.2, 0) is 4.74 Å². The van der Waals surface area contributed by atoms with Gasteiger partial charge in [0.25, 0.3) is 0 Å². The summed E-state index contributed by atoms with van der Waals surface area (Å²) in [6, 6.07) is 17.8. The van der Waals surface area contributed by atoms with Crippen molar-refractivity contribution in [1.29, 1.82) is 0 Å². The summed E-state index contributed by atoms with van der Waals surface area (Å²) in [4.78, 5) is 9.69. The van der Waals surface area contributed by atoms with Crippen LogP contribution in [-0.4, -0.2) is 54.8 Å². The molecule has 2 aromatic carbocycles. The Kier molecular flexibility index (Phi) is 6.28. The van der Waals surface area contributed by atoms with Gasteiger partial charge in [-0.15, -0.1) is 0 Å². The van der Waals surface area contributed by atoms with Crippen molar-refractivity contribution in [3.8, 4) is 0 Å². The molecule has 0 bridgehead atoms. The fourth-order valence-corrected chi connectivity index (χ4v) is 5.04. The van der Waals surface area contributed by atoms with Crippen LogP contribution in [0.15, 0.2) is 54.6 Å². The number of hydrogen-bond acceptors (Lipinski definition) is 4. The SMILES string of the molecule is CN(C)c1ccc(/C=C/CN2CCC(n3c([C@@H]4CCCO4)nc4ccccc43)CC2)cc1. The molecule has 5 heteroatoms. The molecule has 2 aliphatic rings. The van der Waals surface area contributed by atoms with Crippen LogP contribution in [0.3, 0.4) is 0 Å². The molecule has 1 aromatic heterocycles. The number of rotatable bonds is 6. The minimum absolute atomic E-state index is 0.155. The van der Waals surface area contributed by atoms with E-state index in [-0.39, 0.29) is 6.10 Å². The molecular weight excluding hydrogens is 396 g/mol. The van der Waals surface area contributed by atoms with E-state index in [0.717, 1.165) is 63.3 Å². The summed E-state index contributed by atoms with van der Waals surface area (Å²) in [5.74, 6) is 1.14. The molecule has 0 unspecified atom stereocenters. The fourth-order valence-electron chi connectivity index (χ4n) is 5.04. The summed E-state index contributed by atoms with van der Waals surface area (Å²) >= 11 is 0. The molecule has 0 spiro atoms. The Morgan fingerprint density at radius 1 is 1.03 bits per heavy atom. The van der Waals surface area contributed by atoms with Gasteiger partial charge in [0.1, 0.15) is 11.9 Å². The number of likely N-dealkylation sites (tertiary alicyclic amines) is 1. The van der Waals surface area contributed by atoms with Crippen molar-refractivity contribution in [1.82, 2.24) is 14.5 Å². The minimum Gasteiger partial charge on any atom is -0.378 e. The molecule has 3 heterocycles. The number of piperidine rings is 1. The molecular formula is C27H34N4O. The quantitative estimate of drug-likeness (QED) is 0.531. The topological polar surface area (TPSA) is 33.5 Å². The number of anilines is 1. The van der Waals surface area contributed by atoms with Gasteiger partial charge in [0.05, 0.1) is 11.0 Å². The van der Waals surface area contributed by atoms with Crippen LogP contribution in [0.4, 0.5) is 5.69 Å². The van der Waals surface area contributed by atoms with Gasteiger partial charge in [-0.2, -0.15) is 0 Å². The lowest BCUT2D eigenvalue weighted by atomic mass is 10.0. The number of fused-ring (bicyclic) bond motifs is 1. The normalized spacial score (nSPS) is 20.5. The third kappa shape index (κ3) is 4.45. The van der Waals surface area contributed by atoms with Gasteiger partial charge in [-0.3, -0.25) is 4.90 Å². The highest BCUT2D eigenvalue weighted by Gasteiger charge is 2.29. The van der Waals surface area contributed by atoms with Crippen LogP contribution in [0.25, 0.3) is 17.1 Å². The van der Waals surface area contributed by atoms with Crippen LogP contribution >= 0.6 is 0 Å². The lowest BCUT2D eigenvalue weighted by Crippen LogP contribution is -2.35. The smallest absolute Gasteiger partial charge is 0.139 e. The Hall–Kier alpha value is -2.63. The maximum absolute atomic E-state index is 6.03. The van der Waals surface area contributed by atoms with Gasteiger partial charge >= 0.3 is 0 Å². The Morgan fingerprint density at radius 3 is 2.53 bits per heavy atom. The average molecular weight is 431 g/mol. The maximum atomic E-state index is 6.03. The molecule has 0 saturated carbocycles. The largest absolute Gasteiger partial charge is 0.378 e. The van der Waals surface area contributed by atoms with Gasteiger partial charge in [-0.05, 0) is 55.5 Å². The first-order chi connectivity index (χ1) is 15.7. The first-order valence-electron chi connectivity index (χ1n) is 11.9. The number of imidazole rings is 1. The Bertz CT molecular complexity index is 1050. The number of aromatic nitrogens is 2. The zero-order valence-electron chi connectivity index (χ0n) is 19.3. The summed E-state index contributed by atoms with van der Waals surface area (Å²) in [6.07, 6.45) is 9.23. The van der Waals surface area contributed by atoms with E-state index < -0.39 is 0 Å². The number of benzene rings is 2. The zero-order valence-corrected chi connectivity index (χ0v) is 19.3. The van der Waals surface area contributed by atoms with E-state index >= 15 is 0 Å². The van der Waals surface area contributed by atoms with Crippen LogP contribution < -0.4 is 4.90 Å². The second kappa shape index (κ2) is 9.47. The molecule has 2 saturated heterocycles. The molecule has 168 valence electrons. The number of para-hydroxylation sites is 2. The van der Waals surface area contributed by atoms with Crippen molar-refractivity contribution in [2.75, 3.05) is 45.2 Å². The molecule has 2 fully saturated rings. The second-order valence-electron chi connectivity index (χ2n) is 9.25. The van der Waals surface area contributed by atoms with E-state index in [0.29, 0.717) is 6.04 Å². The highest BCUT2D eigenvalue weighted by molar-refractivity contribution is 5.76. The van der Waals surface area contributed by atoms with Crippen LogP contribution in [0.1, 0.15) is 49.2 Å². The van der Waals surface area contributed by atoms with Crippen molar-refractivity contribution in [2.45, 2.75) is 37.8 Å². The molecule has 0 amide bonds. The molecule has 2 aliphatic heterocycles. The molecule has 3 aromatic rings. The van der Waals surface area contributed by atoms with Gasteiger partial charge < -0.3 is 14.2 Å². The molecule has 0 radical (unpaired) electrons. The molecule has 5 nitrogen and oxygen atoms in total. The van der Waals surface area contributed by atoms with Gasteiger partial charge in [0.15, 0.2) is 0 Å². The van der Waals surface area contributed by atoms with Crippen molar-refractivity contribution in [3.63, 3.8) is 0 Å². The van der Waals surface area contributed by atoms with Gasteiger partial charge in [-0.25, -0.2) is 4.98 Å². The first-order valence-corrected chi connectivity index (χ1v) is 11.9. The average Bonchev–Trinajstić information content (AvgIpc) is 3.48. The summed E-state index contributed by atoms with van der Waals surface area (Å²) in [7, 11) is 4.15. The lowest BCUT2D eigenvalue weighted by molar-refractivity contribution is 0.0978. The van der Waals surface area contributed by atoms with E-state index in [4.69, 9.17) is 9.72 Å². The summed E-state index contributed by atoms with van der Waals surface area (Å²) < 4.78 is 8.54. The molecule has 0 N–H and O–H groups in total. The minimum atomic E-state index is 0.155. The first kappa shape index (κ1) is 21.2. The van der Waals surface area contributed by atoms with E-state index in [1.807, 2.05) is 0 Å². The third-order valence-corrected chi connectivity index (χ3v) is 6.85. The monoisotopic (exact) mass is 430 g/mol. The molecule has 0 aliphatic carbocycles. The summed E-state index contributed by atoms with van der Waals surface area (Å²) in [5, 5.41) is 0. The Balaban J connectivity index is 1.23. The van der Waals surface area contributed by atoms with Crippen molar-refractivity contribution >= 4 is 22.8 Å². The van der Waals surface area contributed by atoms with Crippen molar-refractivity contribution in [2.24, 2.45) is 0 Å². The molecule has 1 atom stereocenters. The predicted octanol–water partition coefficient (Wildman–Crippen LogP) is 5.30. The zero-order chi connectivity index (χ0) is 21.9. The highest BCUT2D eigenvalue weighted by atomic mass is 16.5. The van der Waals surface area contributed by atoms with Crippen molar-refractivity contribution in [3.05, 3.63) is 66.0 Å². The fraction of sp³-hybridized carbons (Fsp3) is 0.444. The predicted molar refractivity (Wildman–Crippen MR) is 132 cm³/mol. The summed E-state index contributed by atoms with van der Waals surface area (Å²) in [6.45, 7) is 4.10. The van der Waals surface area contributed by atoms with E-state index in [9.17, 15) is 0 Å². The molecule has 5 rings (SSSR count). The van der Waals surface area contributed by atoms with Crippen LogP contribution in [0.5, 0.6) is 0 Å². The number of nitrogens with zero attached hydrogens (tertiary/aromatic N) is 4. The van der Waals surface area contributed by atoms with Crippen LogP contribution in [0, 0.1) is 0 Å². The number of hydrogen-bond donors (Lipinski definition) is 0. The Morgan fingerprint density at radius 2 is 1.81 bits per heavy atom. The van der Waals surface area contributed by atoms with Crippen LogP contribution in [0.2, 0.25) is 0 Å². The van der Waals surface area contributed by atoms with E-state index in [1.54, 1.807) is 0 Å². The van der Waals surface area contributed by atoms with Gasteiger partial charge in [0, 0.05) is 52.1 Å². The summed E-state index contributed by atoms with van der Waals surface area (Å²) in [5.41, 5.74) is 4.86. The van der Waals surface area contributed by atoms with Crippen molar-refractivity contribution < 1.29 is 4.74 Å². The van der Waals surface area contributed by atoms with E-state index in [1.165, 1.54) is 16.8 Å².